The second kappa shape index (κ2) is 14.9. The molecule has 38 heavy (non-hydrogen) atoms. The zero-order chi connectivity index (χ0) is 26.6. The molecule has 0 N–H and O–H groups in total. The lowest BCUT2D eigenvalue weighted by atomic mass is 9.77. The van der Waals surface area contributed by atoms with Crippen LogP contribution in [-0.2, 0) is 11.2 Å². The lowest BCUT2D eigenvalue weighted by molar-refractivity contribution is -0.139. The SMILES string of the molecule is CCCCC(CCCc1ccc(-c2ccccc2)cc1)C(=O)Oc1ccc([C@H]2CC[C@H](CCC)CC2)cc1. The van der Waals surface area contributed by atoms with Gasteiger partial charge >= 0.3 is 5.97 Å². The van der Waals surface area contributed by atoms with E-state index in [1.165, 1.54) is 60.8 Å². The Hall–Kier alpha value is -2.87. The molecule has 4 rings (SSSR count). The molecule has 1 fully saturated rings. The molecule has 0 saturated heterocycles. The molecule has 1 saturated carbocycles. The first-order valence-corrected chi connectivity index (χ1v) is 15.1. The van der Waals surface area contributed by atoms with Gasteiger partial charge in [0, 0.05) is 0 Å². The van der Waals surface area contributed by atoms with Crippen molar-refractivity contribution in [1.29, 1.82) is 0 Å². The molecule has 0 amide bonds. The van der Waals surface area contributed by atoms with Crippen molar-refractivity contribution in [1.82, 2.24) is 0 Å². The molecule has 2 heteroatoms. The van der Waals surface area contributed by atoms with Crippen LogP contribution < -0.4 is 4.74 Å². The number of hydrogen-bond donors (Lipinski definition) is 0. The van der Waals surface area contributed by atoms with Crippen LogP contribution in [0.3, 0.4) is 0 Å². The summed E-state index contributed by atoms with van der Waals surface area (Å²) < 4.78 is 5.89. The molecule has 202 valence electrons. The van der Waals surface area contributed by atoms with Gasteiger partial charge in [-0.15, -0.1) is 0 Å². The van der Waals surface area contributed by atoms with Crippen LogP contribution in [0.4, 0.5) is 0 Å². The zero-order valence-corrected chi connectivity index (χ0v) is 23.5. The Balaban J connectivity index is 1.26. The summed E-state index contributed by atoms with van der Waals surface area (Å²) in [7, 11) is 0. The summed E-state index contributed by atoms with van der Waals surface area (Å²) in [5.41, 5.74) is 5.22. The van der Waals surface area contributed by atoms with Crippen LogP contribution in [0.1, 0.15) is 102 Å². The first kappa shape index (κ1) is 28.1. The Morgan fingerprint density at radius 3 is 2.08 bits per heavy atom. The summed E-state index contributed by atoms with van der Waals surface area (Å²) in [5.74, 6) is 2.17. The fraction of sp³-hybridized carbons (Fsp3) is 0.472. The van der Waals surface area contributed by atoms with E-state index >= 15 is 0 Å². The highest BCUT2D eigenvalue weighted by atomic mass is 16.5. The lowest BCUT2D eigenvalue weighted by Gasteiger charge is -2.28. The number of ether oxygens (including phenoxy) is 1. The first-order valence-electron chi connectivity index (χ1n) is 15.1. The van der Waals surface area contributed by atoms with E-state index in [1.807, 2.05) is 18.2 Å². The maximum atomic E-state index is 13.1. The van der Waals surface area contributed by atoms with E-state index in [-0.39, 0.29) is 11.9 Å². The largest absolute Gasteiger partial charge is 0.426 e. The molecule has 0 aromatic heterocycles. The molecule has 0 spiro atoms. The fourth-order valence-corrected chi connectivity index (χ4v) is 6.08. The van der Waals surface area contributed by atoms with Gasteiger partial charge in [-0.1, -0.05) is 106 Å². The summed E-state index contributed by atoms with van der Waals surface area (Å²) in [6.07, 6.45) is 13.9. The van der Waals surface area contributed by atoms with Gasteiger partial charge in [0.2, 0.25) is 0 Å². The van der Waals surface area contributed by atoms with Gasteiger partial charge in [0.1, 0.15) is 5.75 Å². The summed E-state index contributed by atoms with van der Waals surface area (Å²) in [6, 6.07) is 27.7. The molecule has 3 aromatic rings. The normalized spacial score (nSPS) is 18.2. The minimum Gasteiger partial charge on any atom is -0.426 e. The summed E-state index contributed by atoms with van der Waals surface area (Å²) in [6.45, 7) is 4.48. The Bertz CT molecular complexity index is 1080. The quantitative estimate of drug-likeness (QED) is 0.169. The van der Waals surface area contributed by atoms with Crippen LogP contribution in [0.25, 0.3) is 11.1 Å². The Morgan fingerprint density at radius 1 is 0.763 bits per heavy atom. The van der Waals surface area contributed by atoms with Gasteiger partial charge < -0.3 is 4.74 Å². The highest BCUT2D eigenvalue weighted by molar-refractivity contribution is 5.75. The fourth-order valence-electron chi connectivity index (χ4n) is 6.08. The smallest absolute Gasteiger partial charge is 0.314 e. The van der Waals surface area contributed by atoms with Crippen LogP contribution in [0.5, 0.6) is 5.75 Å². The van der Waals surface area contributed by atoms with E-state index in [0.29, 0.717) is 11.7 Å². The average Bonchev–Trinajstić information content (AvgIpc) is 2.96. The molecule has 3 aromatic carbocycles. The molecule has 0 aliphatic heterocycles. The molecule has 0 bridgehead atoms. The van der Waals surface area contributed by atoms with Crippen LogP contribution >= 0.6 is 0 Å². The van der Waals surface area contributed by atoms with Gasteiger partial charge in [0.05, 0.1) is 5.92 Å². The van der Waals surface area contributed by atoms with Crippen LogP contribution in [-0.4, -0.2) is 5.97 Å². The summed E-state index contributed by atoms with van der Waals surface area (Å²) in [4.78, 5) is 13.1. The van der Waals surface area contributed by atoms with Crippen molar-refractivity contribution >= 4 is 5.97 Å². The van der Waals surface area contributed by atoms with Crippen molar-refractivity contribution in [2.45, 2.75) is 96.8 Å². The summed E-state index contributed by atoms with van der Waals surface area (Å²) >= 11 is 0. The number of carbonyl (C=O) groups excluding carboxylic acids is 1. The van der Waals surface area contributed by atoms with Gasteiger partial charge in [-0.2, -0.15) is 0 Å². The van der Waals surface area contributed by atoms with E-state index in [0.717, 1.165) is 44.4 Å². The average molecular weight is 511 g/mol. The third kappa shape index (κ3) is 8.32. The Labute approximate surface area is 230 Å². The molecule has 1 unspecified atom stereocenters. The minimum atomic E-state index is -0.0642. The maximum Gasteiger partial charge on any atom is 0.314 e. The molecule has 2 nitrogen and oxygen atoms in total. The van der Waals surface area contributed by atoms with Crippen molar-refractivity contribution in [2.24, 2.45) is 11.8 Å². The highest BCUT2D eigenvalue weighted by Gasteiger charge is 2.23. The van der Waals surface area contributed by atoms with Crippen LogP contribution in [0.15, 0.2) is 78.9 Å². The molecule has 0 radical (unpaired) electrons. The van der Waals surface area contributed by atoms with Gasteiger partial charge in [-0.25, -0.2) is 0 Å². The standard InChI is InChI=1S/C36H46O2/c1-3-5-12-34(15-9-11-29-18-22-31(23-19-29)30-13-7-6-8-14-30)36(37)38-35-26-24-33(25-27-35)32-20-16-28(10-4-2)17-21-32/h6-8,13-14,18-19,22-28,32,34H,3-5,9-12,15-17,20-21H2,1-2H3/t28-,32-,34?. The third-order valence-corrected chi connectivity index (χ3v) is 8.43. The van der Waals surface area contributed by atoms with E-state index in [4.69, 9.17) is 4.74 Å². The van der Waals surface area contributed by atoms with E-state index in [1.54, 1.807) is 0 Å². The molecular formula is C36H46O2. The van der Waals surface area contributed by atoms with Crippen molar-refractivity contribution < 1.29 is 9.53 Å². The number of unbranched alkanes of at least 4 members (excludes halogenated alkanes) is 1. The molecule has 0 heterocycles. The van der Waals surface area contributed by atoms with E-state index in [9.17, 15) is 4.79 Å². The van der Waals surface area contributed by atoms with E-state index < -0.39 is 0 Å². The molecule has 1 aliphatic carbocycles. The maximum absolute atomic E-state index is 13.1. The molecule has 1 aliphatic rings. The van der Waals surface area contributed by atoms with Crippen LogP contribution in [0.2, 0.25) is 0 Å². The number of carbonyl (C=O) groups is 1. The van der Waals surface area contributed by atoms with Gasteiger partial charge in [-0.3, -0.25) is 4.79 Å². The van der Waals surface area contributed by atoms with Gasteiger partial charge in [0.15, 0.2) is 0 Å². The predicted molar refractivity (Wildman–Crippen MR) is 160 cm³/mol. The number of esters is 1. The molecular weight excluding hydrogens is 464 g/mol. The second-order valence-electron chi connectivity index (χ2n) is 11.3. The lowest BCUT2D eigenvalue weighted by Crippen LogP contribution is -2.21. The first-order chi connectivity index (χ1) is 18.7. The predicted octanol–water partition coefficient (Wildman–Crippen LogP) is 10.2. The van der Waals surface area contributed by atoms with Crippen molar-refractivity contribution in [3.05, 3.63) is 90.0 Å². The molecule has 1 atom stereocenters. The van der Waals surface area contributed by atoms with Crippen molar-refractivity contribution in [3.63, 3.8) is 0 Å². The number of hydrogen-bond acceptors (Lipinski definition) is 2. The monoisotopic (exact) mass is 510 g/mol. The zero-order valence-electron chi connectivity index (χ0n) is 23.5. The highest BCUT2D eigenvalue weighted by Crippen LogP contribution is 2.38. The Kier molecular flexibility index (Phi) is 11.0. The van der Waals surface area contributed by atoms with Crippen molar-refractivity contribution in [3.8, 4) is 16.9 Å². The van der Waals surface area contributed by atoms with E-state index in [2.05, 4.69) is 74.5 Å². The minimum absolute atomic E-state index is 0.0351. The second-order valence-corrected chi connectivity index (χ2v) is 11.3. The van der Waals surface area contributed by atoms with Gasteiger partial charge in [0.25, 0.3) is 0 Å². The number of benzene rings is 3. The van der Waals surface area contributed by atoms with Crippen molar-refractivity contribution in [2.75, 3.05) is 0 Å². The third-order valence-electron chi connectivity index (χ3n) is 8.43. The number of aryl methyl sites for hydroxylation is 1. The van der Waals surface area contributed by atoms with Crippen LogP contribution in [0, 0.1) is 11.8 Å². The Morgan fingerprint density at radius 2 is 1.42 bits per heavy atom. The van der Waals surface area contributed by atoms with Gasteiger partial charge in [-0.05, 0) is 97.6 Å². The number of rotatable bonds is 13. The summed E-state index contributed by atoms with van der Waals surface area (Å²) in [5, 5.41) is 0. The topological polar surface area (TPSA) is 26.3 Å².